The Morgan fingerprint density at radius 3 is 2.53 bits per heavy atom. The van der Waals surface area contributed by atoms with Crippen LogP contribution in [-0.4, -0.2) is 26.1 Å². The molecule has 5 heteroatoms. The molecule has 0 aliphatic heterocycles. The topological polar surface area (TPSA) is 38.5 Å². The molecule has 1 aromatic rings. The Morgan fingerprint density at radius 2 is 2.00 bits per heavy atom. The van der Waals surface area contributed by atoms with E-state index in [0.717, 1.165) is 0 Å². The van der Waals surface area contributed by atoms with Gasteiger partial charge in [-0.15, -0.1) is 0 Å². The maximum atomic E-state index is 12.3. The second-order valence-corrected chi connectivity index (χ2v) is 4.16. The first-order chi connectivity index (χ1) is 7.90. The van der Waals surface area contributed by atoms with Crippen LogP contribution in [0.5, 0.6) is 5.75 Å². The molecule has 96 valence electrons. The molecule has 0 amide bonds. The van der Waals surface area contributed by atoms with Gasteiger partial charge in [0.2, 0.25) is 0 Å². The van der Waals surface area contributed by atoms with Crippen LogP contribution in [0.3, 0.4) is 0 Å². The molecular weight excluding hydrogens is 226 g/mol. The van der Waals surface area contributed by atoms with Gasteiger partial charge < -0.3 is 15.4 Å². The number of rotatable bonds is 5. The number of hydrogen-bond acceptors (Lipinski definition) is 3. The van der Waals surface area contributed by atoms with E-state index in [4.69, 9.17) is 10.5 Å². The zero-order valence-corrected chi connectivity index (χ0v) is 10.3. The second-order valence-electron chi connectivity index (χ2n) is 4.16. The summed E-state index contributed by atoms with van der Waals surface area (Å²) < 4.78 is 30.0. The first-order valence-corrected chi connectivity index (χ1v) is 5.45. The summed E-state index contributed by atoms with van der Waals surface area (Å²) in [6.45, 7) is 3.45. The van der Waals surface area contributed by atoms with Gasteiger partial charge in [-0.3, -0.25) is 0 Å². The summed E-state index contributed by atoms with van der Waals surface area (Å²) in [6.07, 6.45) is -2.38. The zero-order valence-electron chi connectivity index (χ0n) is 10.3. The lowest BCUT2D eigenvalue weighted by molar-refractivity contribution is 0.156. The van der Waals surface area contributed by atoms with E-state index in [1.807, 2.05) is 13.8 Å². The van der Waals surface area contributed by atoms with E-state index in [-0.39, 0.29) is 12.6 Å². The lowest BCUT2D eigenvalue weighted by atomic mass is 10.2. The SMILES string of the molecule is CC(C)Oc1cc(N(C)CC(F)F)ccc1N. The number of nitrogens with zero attached hydrogens (tertiary/aromatic N) is 1. The molecule has 0 radical (unpaired) electrons. The standard InChI is InChI=1S/C12H18F2N2O/c1-8(2)17-11-6-9(4-5-10(11)15)16(3)7-12(13)14/h4-6,8,12H,7,15H2,1-3H3. The van der Waals surface area contributed by atoms with E-state index >= 15 is 0 Å². The van der Waals surface area contributed by atoms with E-state index in [9.17, 15) is 8.78 Å². The van der Waals surface area contributed by atoms with Gasteiger partial charge >= 0.3 is 0 Å². The van der Waals surface area contributed by atoms with Crippen LogP contribution >= 0.6 is 0 Å². The number of alkyl halides is 2. The largest absolute Gasteiger partial charge is 0.489 e. The maximum absolute atomic E-state index is 12.3. The molecule has 0 heterocycles. The summed E-state index contributed by atoms with van der Waals surface area (Å²) in [5, 5.41) is 0. The van der Waals surface area contributed by atoms with Crippen molar-refractivity contribution in [1.82, 2.24) is 0 Å². The zero-order chi connectivity index (χ0) is 13.0. The third-order valence-electron chi connectivity index (χ3n) is 2.21. The molecule has 0 saturated heterocycles. The van der Waals surface area contributed by atoms with Crippen LogP contribution < -0.4 is 15.4 Å². The van der Waals surface area contributed by atoms with Crippen LogP contribution in [0.2, 0.25) is 0 Å². The molecule has 17 heavy (non-hydrogen) atoms. The minimum atomic E-state index is -2.37. The van der Waals surface area contributed by atoms with Crippen molar-refractivity contribution in [3.05, 3.63) is 18.2 Å². The van der Waals surface area contributed by atoms with Crippen molar-refractivity contribution in [3.8, 4) is 5.75 Å². The highest BCUT2D eigenvalue weighted by Gasteiger charge is 2.11. The number of benzene rings is 1. The number of anilines is 2. The highest BCUT2D eigenvalue weighted by Crippen LogP contribution is 2.28. The van der Waals surface area contributed by atoms with Crippen molar-refractivity contribution in [2.75, 3.05) is 24.2 Å². The van der Waals surface area contributed by atoms with Crippen LogP contribution in [-0.2, 0) is 0 Å². The molecule has 0 spiro atoms. The van der Waals surface area contributed by atoms with Crippen LogP contribution in [0.15, 0.2) is 18.2 Å². The van der Waals surface area contributed by atoms with E-state index in [1.165, 1.54) is 4.90 Å². The Kier molecular flexibility index (Phi) is 4.54. The normalized spacial score (nSPS) is 11.0. The lowest BCUT2D eigenvalue weighted by Gasteiger charge is -2.21. The first kappa shape index (κ1) is 13.5. The predicted octanol–water partition coefficient (Wildman–Crippen LogP) is 2.76. The molecular formula is C12H18F2N2O. The van der Waals surface area contributed by atoms with Gasteiger partial charge in [0.15, 0.2) is 0 Å². The first-order valence-electron chi connectivity index (χ1n) is 5.45. The average molecular weight is 244 g/mol. The van der Waals surface area contributed by atoms with Crippen molar-refractivity contribution in [1.29, 1.82) is 0 Å². The fourth-order valence-corrected chi connectivity index (χ4v) is 1.43. The Balaban J connectivity index is 2.87. The minimum Gasteiger partial charge on any atom is -0.489 e. The molecule has 0 fully saturated rings. The quantitative estimate of drug-likeness (QED) is 0.809. The highest BCUT2D eigenvalue weighted by atomic mass is 19.3. The fraction of sp³-hybridized carbons (Fsp3) is 0.500. The molecule has 0 saturated carbocycles. The summed E-state index contributed by atoms with van der Waals surface area (Å²) >= 11 is 0. The van der Waals surface area contributed by atoms with Crippen LogP contribution in [0.1, 0.15) is 13.8 Å². The number of halogens is 2. The number of hydrogen-bond donors (Lipinski definition) is 1. The third-order valence-corrected chi connectivity index (χ3v) is 2.21. The smallest absolute Gasteiger partial charge is 0.255 e. The van der Waals surface area contributed by atoms with Gasteiger partial charge in [-0.1, -0.05) is 0 Å². The molecule has 0 bridgehead atoms. The fourth-order valence-electron chi connectivity index (χ4n) is 1.43. The number of ether oxygens (including phenoxy) is 1. The molecule has 1 rings (SSSR count). The molecule has 0 unspecified atom stereocenters. The lowest BCUT2D eigenvalue weighted by Crippen LogP contribution is -2.24. The highest BCUT2D eigenvalue weighted by molar-refractivity contribution is 5.62. The van der Waals surface area contributed by atoms with Crippen LogP contribution in [0.4, 0.5) is 20.2 Å². The van der Waals surface area contributed by atoms with E-state index in [2.05, 4.69) is 0 Å². The molecule has 0 atom stereocenters. The van der Waals surface area contributed by atoms with E-state index < -0.39 is 6.43 Å². The van der Waals surface area contributed by atoms with E-state index in [1.54, 1.807) is 25.2 Å². The Hall–Kier alpha value is -1.52. The van der Waals surface area contributed by atoms with Crippen molar-refractivity contribution in [2.45, 2.75) is 26.4 Å². The molecule has 0 aromatic heterocycles. The summed E-state index contributed by atoms with van der Waals surface area (Å²) in [7, 11) is 1.61. The maximum Gasteiger partial charge on any atom is 0.255 e. The molecule has 3 nitrogen and oxygen atoms in total. The van der Waals surface area contributed by atoms with Gasteiger partial charge in [0, 0.05) is 18.8 Å². The summed E-state index contributed by atoms with van der Waals surface area (Å²) in [6, 6.07) is 5.04. The van der Waals surface area contributed by atoms with Crippen LogP contribution in [0.25, 0.3) is 0 Å². The summed E-state index contributed by atoms with van der Waals surface area (Å²) in [5.74, 6) is 0.526. The Labute approximate surface area is 100 Å². The molecule has 0 aliphatic rings. The summed E-state index contributed by atoms with van der Waals surface area (Å²) in [4.78, 5) is 1.47. The molecule has 0 aliphatic carbocycles. The Bertz CT molecular complexity index is 370. The van der Waals surface area contributed by atoms with Crippen molar-refractivity contribution < 1.29 is 13.5 Å². The Morgan fingerprint density at radius 1 is 1.35 bits per heavy atom. The number of nitrogen functional groups attached to an aromatic ring is 1. The van der Waals surface area contributed by atoms with Gasteiger partial charge in [0.05, 0.1) is 18.3 Å². The van der Waals surface area contributed by atoms with Gasteiger partial charge in [0.1, 0.15) is 5.75 Å². The monoisotopic (exact) mass is 244 g/mol. The van der Waals surface area contributed by atoms with Gasteiger partial charge in [-0.25, -0.2) is 8.78 Å². The number of nitrogens with two attached hydrogens (primary N) is 1. The van der Waals surface area contributed by atoms with Gasteiger partial charge in [-0.05, 0) is 26.0 Å². The van der Waals surface area contributed by atoms with Gasteiger partial charge in [0.25, 0.3) is 6.43 Å². The third kappa shape index (κ3) is 4.09. The van der Waals surface area contributed by atoms with Crippen molar-refractivity contribution in [2.24, 2.45) is 0 Å². The molecule has 2 N–H and O–H groups in total. The van der Waals surface area contributed by atoms with Crippen LogP contribution in [0, 0.1) is 0 Å². The van der Waals surface area contributed by atoms with Crippen molar-refractivity contribution >= 4 is 11.4 Å². The second kappa shape index (κ2) is 5.70. The van der Waals surface area contributed by atoms with Crippen molar-refractivity contribution in [3.63, 3.8) is 0 Å². The molecule has 1 aromatic carbocycles. The minimum absolute atomic E-state index is 0.00652. The average Bonchev–Trinajstić information content (AvgIpc) is 2.19. The predicted molar refractivity (Wildman–Crippen MR) is 65.9 cm³/mol. The van der Waals surface area contributed by atoms with Gasteiger partial charge in [-0.2, -0.15) is 0 Å². The summed E-state index contributed by atoms with van der Waals surface area (Å²) in [5.41, 5.74) is 6.92. The van der Waals surface area contributed by atoms with E-state index in [0.29, 0.717) is 17.1 Å².